The maximum Gasteiger partial charge on any atom is 0.257 e. The van der Waals surface area contributed by atoms with Crippen molar-refractivity contribution in [1.82, 2.24) is 19.4 Å². The summed E-state index contributed by atoms with van der Waals surface area (Å²) in [6, 6.07) is 12.7. The minimum absolute atomic E-state index is 0.0829. The first-order valence-corrected chi connectivity index (χ1v) is 9.87. The van der Waals surface area contributed by atoms with Crippen molar-refractivity contribution >= 4 is 11.4 Å². The number of amides is 1. The van der Waals surface area contributed by atoms with Gasteiger partial charge in [0.15, 0.2) is 0 Å². The van der Waals surface area contributed by atoms with Gasteiger partial charge in [-0.25, -0.2) is 8.91 Å². The van der Waals surface area contributed by atoms with Crippen molar-refractivity contribution in [3.8, 4) is 0 Å². The monoisotopic (exact) mass is 378 g/mol. The third-order valence-corrected chi connectivity index (χ3v) is 6.03. The van der Waals surface area contributed by atoms with Gasteiger partial charge in [-0.1, -0.05) is 18.2 Å². The lowest BCUT2D eigenvalue weighted by molar-refractivity contribution is 0.0587. The van der Waals surface area contributed by atoms with E-state index in [-0.39, 0.29) is 17.8 Å². The molecule has 1 aromatic carbocycles. The molecule has 3 saturated heterocycles. The highest BCUT2D eigenvalue weighted by Crippen LogP contribution is 2.30. The predicted octanol–water partition coefficient (Wildman–Crippen LogP) is 3.21. The fourth-order valence-electron chi connectivity index (χ4n) is 4.66. The van der Waals surface area contributed by atoms with Crippen molar-refractivity contribution in [1.29, 1.82) is 0 Å². The Labute approximate surface area is 163 Å². The molecule has 144 valence electrons. The summed E-state index contributed by atoms with van der Waals surface area (Å²) in [5, 5.41) is 4.33. The van der Waals surface area contributed by atoms with E-state index >= 15 is 0 Å². The van der Waals surface area contributed by atoms with Crippen LogP contribution in [0.1, 0.15) is 28.8 Å². The Kier molecular flexibility index (Phi) is 4.36. The summed E-state index contributed by atoms with van der Waals surface area (Å²) in [7, 11) is 0. The van der Waals surface area contributed by atoms with Crippen LogP contribution in [0, 0.1) is 11.7 Å². The van der Waals surface area contributed by atoms with Crippen LogP contribution in [0.25, 0.3) is 5.52 Å². The Hall–Kier alpha value is -2.73. The first kappa shape index (κ1) is 17.4. The summed E-state index contributed by atoms with van der Waals surface area (Å²) in [6.07, 6.45) is 5.75. The molecule has 3 aromatic rings. The third kappa shape index (κ3) is 3.18. The van der Waals surface area contributed by atoms with E-state index in [2.05, 4.69) is 14.9 Å². The number of fused-ring (bicyclic) bond motifs is 5. The minimum atomic E-state index is -0.204. The van der Waals surface area contributed by atoms with E-state index in [1.54, 1.807) is 10.7 Å². The van der Waals surface area contributed by atoms with Crippen molar-refractivity contribution in [3.63, 3.8) is 0 Å². The van der Waals surface area contributed by atoms with E-state index in [0.717, 1.165) is 50.1 Å². The molecule has 5 heterocycles. The number of piperidine rings is 1. The summed E-state index contributed by atoms with van der Waals surface area (Å²) >= 11 is 0. The molecule has 6 rings (SSSR count). The number of carbonyl (C=O) groups excluding carboxylic acids is 1. The molecule has 0 spiro atoms. The first-order valence-electron chi connectivity index (χ1n) is 9.87. The lowest BCUT2D eigenvalue weighted by atomic mass is 9.94. The first-order chi connectivity index (χ1) is 13.7. The highest BCUT2D eigenvalue weighted by atomic mass is 19.1. The SMILES string of the molecule is O=C(c1cnn2ccccc12)N1C[C@H]2CC[C@@H]1CN(Cc1ccc(F)cc1)C2. The molecule has 0 unspecified atom stereocenters. The topological polar surface area (TPSA) is 40.9 Å². The lowest BCUT2D eigenvalue weighted by Crippen LogP contribution is -2.47. The average molecular weight is 378 g/mol. The predicted molar refractivity (Wildman–Crippen MR) is 104 cm³/mol. The Morgan fingerprint density at radius 2 is 1.93 bits per heavy atom. The molecular formula is C22H23FN4O. The molecule has 2 bridgehead atoms. The number of aromatic nitrogens is 2. The van der Waals surface area contributed by atoms with Crippen LogP contribution in [-0.2, 0) is 6.54 Å². The highest BCUT2D eigenvalue weighted by Gasteiger charge is 2.38. The Balaban J connectivity index is 1.36. The van der Waals surface area contributed by atoms with Crippen molar-refractivity contribution < 1.29 is 9.18 Å². The van der Waals surface area contributed by atoms with E-state index in [1.165, 1.54) is 12.1 Å². The van der Waals surface area contributed by atoms with Crippen LogP contribution >= 0.6 is 0 Å². The molecule has 0 radical (unpaired) electrons. The minimum Gasteiger partial charge on any atom is -0.334 e. The van der Waals surface area contributed by atoms with Gasteiger partial charge in [0, 0.05) is 38.4 Å². The molecule has 0 aliphatic carbocycles. The third-order valence-electron chi connectivity index (χ3n) is 6.03. The molecular weight excluding hydrogens is 355 g/mol. The Morgan fingerprint density at radius 3 is 2.79 bits per heavy atom. The van der Waals surface area contributed by atoms with Gasteiger partial charge in [-0.05, 0) is 48.6 Å². The van der Waals surface area contributed by atoms with Crippen LogP contribution in [0.3, 0.4) is 0 Å². The fourth-order valence-corrected chi connectivity index (χ4v) is 4.66. The summed E-state index contributed by atoms with van der Waals surface area (Å²) in [4.78, 5) is 17.8. The van der Waals surface area contributed by atoms with Gasteiger partial charge in [-0.15, -0.1) is 0 Å². The van der Waals surface area contributed by atoms with Crippen molar-refractivity contribution in [3.05, 3.63) is 71.8 Å². The van der Waals surface area contributed by atoms with Crippen LogP contribution in [0.4, 0.5) is 4.39 Å². The molecule has 3 aliphatic rings. The zero-order valence-electron chi connectivity index (χ0n) is 15.7. The number of nitrogens with zero attached hydrogens (tertiary/aromatic N) is 4. The molecule has 28 heavy (non-hydrogen) atoms. The smallest absolute Gasteiger partial charge is 0.257 e. The zero-order chi connectivity index (χ0) is 19.1. The van der Waals surface area contributed by atoms with Gasteiger partial charge in [-0.3, -0.25) is 9.69 Å². The fraction of sp³-hybridized carbons (Fsp3) is 0.364. The van der Waals surface area contributed by atoms with Crippen LogP contribution in [0.5, 0.6) is 0 Å². The summed E-state index contributed by atoms with van der Waals surface area (Å²) in [5.41, 5.74) is 2.65. The number of benzene rings is 1. The number of hydrogen-bond acceptors (Lipinski definition) is 3. The van der Waals surface area contributed by atoms with Gasteiger partial charge in [0.05, 0.1) is 17.3 Å². The molecule has 3 aliphatic heterocycles. The van der Waals surface area contributed by atoms with Crippen molar-refractivity contribution in [2.45, 2.75) is 25.4 Å². The van der Waals surface area contributed by atoms with Crippen molar-refractivity contribution in [2.24, 2.45) is 5.92 Å². The molecule has 0 saturated carbocycles. The second-order valence-corrected chi connectivity index (χ2v) is 7.96. The van der Waals surface area contributed by atoms with Gasteiger partial charge < -0.3 is 4.90 Å². The van der Waals surface area contributed by atoms with E-state index in [1.807, 2.05) is 36.5 Å². The molecule has 2 atom stereocenters. The van der Waals surface area contributed by atoms with Gasteiger partial charge in [-0.2, -0.15) is 5.10 Å². The van der Waals surface area contributed by atoms with Crippen LogP contribution in [0.15, 0.2) is 54.9 Å². The van der Waals surface area contributed by atoms with Gasteiger partial charge in [0.2, 0.25) is 0 Å². The van der Waals surface area contributed by atoms with Gasteiger partial charge in [0.25, 0.3) is 5.91 Å². The van der Waals surface area contributed by atoms with Crippen LogP contribution < -0.4 is 0 Å². The standard InChI is InChI=1S/C22H23FN4O/c23-18-7-4-16(5-8-18)12-25-13-17-6-9-19(15-25)26(14-17)22(28)20-11-24-27-10-2-1-3-21(20)27/h1-5,7-8,10-11,17,19H,6,9,12-15H2/t17-,19+/m0/s1. The second-order valence-electron chi connectivity index (χ2n) is 7.96. The maximum absolute atomic E-state index is 13.3. The van der Waals surface area contributed by atoms with E-state index in [0.29, 0.717) is 11.5 Å². The quantitative estimate of drug-likeness (QED) is 0.703. The maximum atomic E-state index is 13.3. The molecule has 5 nitrogen and oxygen atoms in total. The molecule has 2 aromatic heterocycles. The van der Waals surface area contributed by atoms with E-state index in [9.17, 15) is 9.18 Å². The Bertz CT molecular complexity index is 999. The average Bonchev–Trinajstić information content (AvgIpc) is 2.95. The van der Waals surface area contributed by atoms with Gasteiger partial charge in [0.1, 0.15) is 5.82 Å². The molecule has 6 heteroatoms. The summed E-state index contributed by atoms with van der Waals surface area (Å²) in [5.74, 6) is 0.356. The zero-order valence-corrected chi connectivity index (χ0v) is 15.7. The van der Waals surface area contributed by atoms with Gasteiger partial charge >= 0.3 is 0 Å². The van der Waals surface area contributed by atoms with Crippen LogP contribution in [0.2, 0.25) is 0 Å². The molecule has 0 N–H and O–H groups in total. The van der Waals surface area contributed by atoms with E-state index < -0.39 is 0 Å². The number of carbonyl (C=O) groups is 1. The van der Waals surface area contributed by atoms with Crippen molar-refractivity contribution in [2.75, 3.05) is 19.6 Å². The number of halogens is 1. The second kappa shape index (κ2) is 7.02. The number of pyridine rings is 1. The van der Waals surface area contributed by atoms with E-state index in [4.69, 9.17) is 0 Å². The summed E-state index contributed by atoms with van der Waals surface area (Å²) < 4.78 is 14.9. The largest absolute Gasteiger partial charge is 0.334 e. The summed E-state index contributed by atoms with van der Waals surface area (Å²) in [6.45, 7) is 3.44. The van der Waals surface area contributed by atoms with Crippen LogP contribution in [-0.4, -0.2) is 51.0 Å². The molecule has 1 amide bonds. The highest BCUT2D eigenvalue weighted by molar-refractivity contribution is 6.00. The lowest BCUT2D eigenvalue weighted by Gasteiger charge is -2.36. The number of hydrogen-bond donors (Lipinski definition) is 0. The number of rotatable bonds is 3. The molecule has 3 fully saturated rings. The Morgan fingerprint density at radius 1 is 1.07 bits per heavy atom. The normalized spacial score (nSPS) is 22.5.